The third-order valence-electron chi connectivity index (χ3n) is 4.75. The largest absolute Gasteiger partial charge is 0.501 e. The van der Waals surface area contributed by atoms with Gasteiger partial charge in [-0.3, -0.25) is 4.79 Å². The number of nitrogens with zero attached hydrogens (tertiary/aromatic N) is 5. The molecule has 0 aliphatic rings. The second-order valence-corrected chi connectivity index (χ2v) is 7.24. The molecule has 0 unspecified atom stereocenters. The maximum Gasteiger partial charge on any atom is 0.242 e. The van der Waals surface area contributed by atoms with Crippen LogP contribution in [0.25, 0.3) is 39.9 Å². The number of benzene rings is 1. The first-order valence-electron chi connectivity index (χ1n) is 9.53. The van der Waals surface area contributed by atoms with E-state index in [1.165, 1.54) is 17.1 Å². The Morgan fingerprint density at radius 3 is 2.69 bits per heavy atom. The van der Waals surface area contributed by atoms with Crippen LogP contribution < -0.4 is 5.43 Å². The highest BCUT2D eigenvalue weighted by molar-refractivity contribution is 6.28. The van der Waals surface area contributed by atoms with Gasteiger partial charge in [0.2, 0.25) is 16.5 Å². The molecule has 0 amide bonds. The minimum absolute atomic E-state index is 0.00171. The van der Waals surface area contributed by atoms with Crippen LogP contribution in [0.15, 0.2) is 70.3 Å². The van der Waals surface area contributed by atoms with Gasteiger partial charge in [-0.1, -0.05) is 30.3 Å². The van der Waals surface area contributed by atoms with E-state index >= 15 is 0 Å². The molecule has 0 aliphatic heterocycles. The minimum Gasteiger partial charge on any atom is -0.501 e. The molecular weight excluding hydrogens is 432 g/mol. The van der Waals surface area contributed by atoms with Crippen molar-refractivity contribution in [1.29, 1.82) is 0 Å². The summed E-state index contributed by atoms with van der Waals surface area (Å²) in [5.74, 6) is 0.732. The smallest absolute Gasteiger partial charge is 0.242 e. The molecule has 5 aromatic rings. The maximum atomic E-state index is 12.2. The van der Waals surface area contributed by atoms with E-state index in [9.17, 15) is 9.90 Å². The SMILES string of the molecule is Cc1cc(=O)c(O)c(-c2[nH]c(-c3cccnc3-n3cnc(Cl)n3)nc2-c2ccccc2)o1. The number of hydrogen-bond donors (Lipinski definition) is 2. The maximum absolute atomic E-state index is 12.2. The molecule has 0 fully saturated rings. The van der Waals surface area contributed by atoms with Crippen LogP contribution in [-0.4, -0.2) is 34.8 Å². The van der Waals surface area contributed by atoms with Crippen LogP contribution in [0.4, 0.5) is 0 Å². The highest BCUT2D eigenvalue weighted by Gasteiger charge is 2.23. The number of aryl methyl sites for hydroxylation is 1. The number of H-pyrrole nitrogens is 1. The van der Waals surface area contributed by atoms with Crippen molar-refractivity contribution in [3.63, 3.8) is 0 Å². The molecule has 1 aromatic carbocycles. The number of aromatic amines is 1. The highest BCUT2D eigenvalue weighted by atomic mass is 35.5. The minimum atomic E-state index is -0.543. The second kappa shape index (κ2) is 7.78. The van der Waals surface area contributed by atoms with E-state index in [1.54, 1.807) is 19.2 Å². The van der Waals surface area contributed by atoms with Crippen LogP contribution in [-0.2, 0) is 0 Å². The van der Waals surface area contributed by atoms with Crippen LogP contribution in [0.2, 0.25) is 5.28 Å². The Bertz CT molecular complexity index is 1490. The summed E-state index contributed by atoms with van der Waals surface area (Å²) in [5, 5.41) is 14.7. The number of pyridine rings is 1. The highest BCUT2D eigenvalue weighted by Crippen LogP contribution is 2.37. The van der Waals surface area contributed by atoms with Crippen LogP contribution in [0.5, 0.6) is 5.75 Å². The number of nitrogens with one attached hydrogen (secondary N) is 1. The first-order chi connectivity index (χ1) is 15.5. The molecule has 4 aromatic heterocycles. The van der Waals surface area contributed by atoms with E-state index in [0.717, 1.165) is 5.56 Å². The molecular formula is C22H15ClN6O3. The number of imidazole rings is 1. The van der Waals surface area contributed by atoms with Gasteiger partial charge in [0, 0.05) is 17.8 Å². The summed E-state index contributed by atoms with van der Waals surface area (Å²) in [6, 6.07) is 14.2. The van der Waals surface area contributed by atoms with E-state index in [0.29, 0.717) is 34.4 Å². The molecule has 0 radical (unpaired) electrons. The first-order valence-corrected chi connectivity index (χ1v) is 9.91. The number of rotatable bonds is 4. The summed E-state index contributed by atoms with van der Waals surface area (Å²) in [6.45, 7) is 1.64. The van der Waals surface area contributed by atoms with Crippen molar-refractivity contribution >= 4 is 11.6 Å². The zero-order valence-corrected chi connectivity index (χ0v) is 17.4. The van der Waals surface area contributed by atoms with Crippen LogP contribution >= 0.6 is 11.6 Å². The number of halogens is 1. The zero-order chi connectivity index (χ0) is 22.2. The third-order valence-corrected chi connectivity index (χ3v) is 4.92. The van der Waals surface area contributed by atoms with Crippen molar-refractivity contribution in [3.8, 4) is 45.7 Å². The van der Waals surface area contributed by atoms with E-state index in [2.05, 4.69) is 20.1 Å². The number of hydrogen-bond acceptors (Lipinski definition) is 7. The van der Waals surface area contributed by atoms with Crippen molar-refractivity contribution in [2.45, 2.75) is 6.92 Å². The lowest BCUT2D eigenvalue weighted by Crippen LogP contribution is -2.02. The molecule has 0 aliphatic carbocycles. The Morgan fingerprint density at radius 2 is 1.94 bits per heavy atom. The van der Waals surface area contributed by atoms with Crippen molar-refractivity contribution < 1.29 is 9.52 Å². The molecule has 0 bridgehead atoms. The summed E-state index contributed by atoms with van der Waals surface area (Å²) in [7, 11) is 0. The van der Waals surface area contributed by atoms with Crippen LogP contribution in [0, 0.1) is 6.92 Å². The van der Waals surface area contributed by atoms with Crippen molar-refractivity contribution in [2.75, 3.05) is 0 Å². The average Bonchev–Trinajstić information content (AvgIpc) is 3.43. The molecule has 0 saturated heterocycles. The van der Waals surface area contributed by atoms with Crippen molar-refractivity contribution in [1.82, 2.24) is 29.7 Å². The predicted octanol–water partition coefficient (Wildman–Crippen LogP) is 4.01. The van der Waals surface area contributed by atoms with Gasteiger partial charge in [-0.25, -0.2) is 19.6 Å². The van der Waals surface area contributed by atoms with Crippen molar-refractivity contribution in [3.05, 3.63) is 82.3 Å². The van der Waals surface area contributed by atoms with E-state index in [-0.39, 0.29) is 11.0 Å². The molecule has 5 rings (SSSR count). The Balaban J connectivity index is 1.77. The van der Waals surface area contributed by atoms with Gasteiger partial charge in [0.1, 0.15) is 29.3 Å². The summed E-state index contributed by atoms with van der Waals surface area (Å²) in [4.78, 5) is 28.5. The fourth-order valence-corrected chi connectivity index (χ4v) is 3.48. The van der Waals surface area contributed by atoms with Gasteiger partial charge in [-0.15, -0.1) is 5.10 Å². The van der Waals surface area contributed by atoms with Crippen LogP contribution in [0.3, 0.4) is 0 Å². The van der Waals surface area contributed by atoms with Gasteiger partial charge in [0.15, 0.2) is 11.6 Å². The molecule has 4 heterocycles. The van der Waals surface area contributed by atoms with E-state index < -0.39 is 11.2 Å². The van der Waals surface area contributed by atoms with Gasteiger partial charge in [-0.05, 0) is 30.7 Å². The van der Waals surface area contributed by atoms with Gasteiger partial charge in [0.05, 0.1) is 5.56 Å². The standard InChI is InChI=1S/C22H15ClN6O3/c1-12-10-15(30)18(31)19(32-12)17-16(13-6-3-2-4-7-13)26-20(27-17)14-8-5-9-24-21(14)29-11-25-22(23)28-29/h2-11,31H,1H3,(H,26,27). The summed E-state index contributed by atoms with van der Waals surface area (Å²) >= 11 is 5.88. The lowest BCUT2D eigenvalue weighted by Gasteiger charge is -2.05. The molecule has 32 heavy (non-hydrogen) atoms. The van der Waals surface area contributed by atoms with Crippen LogP contribution in [0.1, 0.15) is 5.76 Å². The van der Waals surface area contributed by atoms with E-state index in [4.69, 9.17) is 21.0 Å². The summed E-state index contributed by atoms with van der Waals surface area (Å²) < 4.78 is 7.16. The molecule has 158 valence electrons. The topological polar surface area (TPSA) is 123 Å². The molecule has 0 saturated carbocycles. The molecule has 10 heteroatoms. The molecule has 0 atom stereocenters. The van der Waals surface area contributed by atoms with Gasteiger partial charge < -0.3 is 14.5 Å². The predicted molar refractivity (Wildman–Crippen MR) is 118 cm³/mol. The lowest BCUT2D eigenvalue weighted by molar-refractivity contribution is 0.429. The normalized spacial score (nSPS) is 11.1. The average molecular weight is 447 g/mol. The van der Waals surface area contributed by atoms with Gasteiger partial charge in [-0.2, -0.15) is 0 Å². The number of aromatic hydroxyl groups is 1. The molecule has 9 nitrogen and oxygen atoms in total. The fraction of sp³-hybridized carbons (Fsp3) is 0.0455. The van der Waals surface area contributed by atoms with Crippen molar-refractivity contribution in [2.24, 2.45) is 0 Å². The quantitative estimate of drug-likeness (QED) is 0.427. The van der Waals surface area contributed by atoms with Gasteiger partial charge in [0.25, 0.3) is 0 Å². The summed E-state index contributed by atoms with van der Waals surface area (Å²) in [6.07, 6.45) is 3.06. The number of aromatic nitrogens is 6. The Hall–Kier alpha value is -4.24. The first kappa shape index (κ1) is 19.7. The molecule has 0 spiro atoms. The second-order valence-electron chi connectivity index (χ2n) is 6.91. The monoisotopic (exact) mass is 446 g/mol. The third kappa shape index (κ3) is 3.44. The van der Waals surface area contributed by atoms with Gasteiger partial charge >= 0.3 is 0 Å². The Morgan fingerprint density at radius 1 is 1.12 bits per heavy atom. The Labute approximate surface area is 186 Å². The Kier molecular flexibility index (Phi) is 4.79. The summed E-state index contributed by atoms with van der Waals surface area (Å²) in [5.41, 5.74) is 1.68. The molecule has 2 N–H and O–H groups in total. The zero-order valence-electron chi connectivity index (χ0n) is 16.7. The van der Waals surface area contributed by atoms with E-state index in [1.807, 2.05) is 36.4 Å². The lowest BCUT2D eigenvalue weighted by atomic mass is 10.1. The fourth-order valence-electron chi connectivity index (χ4n) is 3.35.